The summed E-state index contributed by atoms with van der Waals surface area (Å²) >= 11 is 6.14. The number of nitrogens with zero attached hydrogens (tertiary/aromatic N) is 2. The van der Waals surface area contributed by atoms with Crippen molar-refractivity contribution in [3.8, 4) is 11.5 Å². The predicted molar refractivity (Wildman–Crippen MR) is 126 cm³/mol. The Morgan fingerprint density at radius 2 is 2.00 bits per heavy atom. The number of hydrazine groups is 1. The molecule has 1 unspecified atom stereocenters. The molecule has 0 aromatic heterocycles. The average molecular weight is 504 g/mol. The molecule has 13 heteroatoms. The van der Waals surface area contributed by atoms with Crippen LogP contribution in [0.2, 0.25) is 0 Å². The van der Waals surface area contributed by atoms with Crippen LogP contribution in [0, 0.1) is 10.1 Å². The van der Waals surface area contributed by atoms with Crippen molar-refractivity contribution in [2.45, 2.75) is 13.0 Å². The molecule has 2 N–H and O–H groups in total. The molecule has 176 valence electrons. The van der Waals surface area contributed by atoms with Gasteiger partial charge in [0, 0.05) is 17.7 Å². The number of ether oxygens (including phenoxy) is 2. The summed E-state index contributed by atoms with van der Waals surface area (Å²) in [6.07, 6.45) is 0.428. The number of nitrogens with one attached hydrogen (secondary N) is 1. The first kappa shape index (κ1) is 24.7. The van der Waals surface area contributed by atoms with Crippen molar-refractivity contribution >= 4 is 57.8 Å². The van der Waals surface area contributed by atoms with Crippen LogP contribution in [0.1, 0.15) is 22.8 Å². The molecule has 2 amide bonds. The smallest absolute Gasteiger partial charge is 0.344 e. The standard InChI is InChI=1S/C21H17N3O8S2/c1-11(20(27)28)32-15-7-6-12(8-16(15)31-2)9-17-19(26)23(21(33)34-17)22-18(25)13-4-3-5-14(10-13)24(29)30/h3-11H,1-2H3,(H,22,25)(H,27,28)/b17-9+. The van der Waals surface area contributed by atoms with E-state index in [-0.39, 0.29) is 32.0 Å². The Hall–Kier alpha value is -3.97. The van der Waals surface area contributed by atoms with Crippen molar-refractivity contribution in [1.29, 1.82) is 0 Å². The zero-order valence-electron chi connectivity index (χ0n) is 17.7. The molecule has 11 nitrogen and oxygen atoms in total. The van der Waals surface area contributed by atoms with Gasteiger partial charge in [-0.1, -0.05) is 23.9 Å². The maximum atomic E-state index is 12.8. The molecule has 34 heavy (non-hydrogen) atoms. The highest BCUT2D eigenvalue weighted by molar-refractivity contribution is 8.26. The fourth-order valence-corrected chi connectivity index (χ4v) is 3.93. The third kappa shape index (κ3) is 5.50. The third-order valence-electron chi connectivity index (χ3n) is 4.46. The van der Waals surface area contributed by atoms with E-state index in [1.807, 2.05) is 0 Å². The minimum absolute atomic E-state index is 0.0110. The number of rotatable bonds is 8. The Bertz CT molecular complexity index is 1230. The zero-order chi connectivity index (χ0) is 25.0. The van der Waals surface area contributed by atoms with Crippen LogP contribution in [0.15, 0.2) is 47.4 Å². The largest absolute Gasteiger partial charge is 0.493 e. The van der Waals surface area contributed by atoms with Crippen molar-refractivity contribution in [3.63, 3.8) is 0 Å². The summed E-state index contributed by atoms with van der Waals surface area (Å²) in [6, 6.07) is 9.72. The topological polar surface area (TPSA) is 148 Å². The lowest BCUT2D eigenvalue weighted by atomic mass is 10.2. The number of benzene rings is 2. The lowest BCUT2D eigenvalue weighted by Crippen LogP contribution is -2.44. The molecule has 0 aliphatic carbocycles. The van der Waals surface area contributed by atoms with Crippen LogP contribution in [0.3, 0.4) is 0 Å². The first-order chi connectivity index (χ1) is 16.1. The van der Waals surface area contributed by atoms with E-state index in [2.05, 4.69) is 5.43 Å². The molecule has 1 aliphatic heterocycles. The number of hydrogen-bond donors (Lipinski definition) is 2. The lowest BCUT2D eigenvalue weighted by Gasteiger charge is -2.15. The second kappa shape index (κ2) is 10.3. The van der Waals surface area contributed by atoms with Gasteiger partial charge in [0.25, 0.3) is 17.5 Å². The van der Waals surface area contributed by atoms with Crippen LogP contribution in [0.5, 0.6) is 11.5 Å². The normalized spacial score (nSPS) is 15.2. The molecule has 2 aromatic carbocycles. The molecule has 2 aromatic rings. The highest BCUT2D eigenvalue weighted by Gasteiger charge is 2.34. The first-order valence-corrected chi connectivity index (χ1v) is 10.7. The molecule has 1 fully saturated rings. The number of carboxylic acids is 1. The summed E-state index contributed by atoms with van der Waals surface area (Å²) in [4.78, 5) is 46.8. The second-order valence-corrected chi connectivity index (χ2v) is 8.45. The Balaban J connectivity index is 1.78. The van der Waals surface area contributed by atoms with Gasteiger partial charge >= 0.3 is 5.97 Å². The van der Waals surface area contributed by atoms with E-state index in [0.717, 1.165) is 22.8 Å². The Kier molecular flexibility index (Phi) is 7.48. The molecule has 0 saturated carbocycles. The second-order valence-electron chi connectivity index (χ2n) is 6.77. The number of nitro groups is 1. The minimum Gasteiger partial charge on any atom is -0.493 e. The summed E-state index contributed by atoms with van der Waals surface area (Å²) in [5, 5.41) is 20.8. The summed E-state index contributed by atoms with van der Waals surface area (Å²) in [5.41, 5.74) is 2.62. The molecular formula is C21H17N3O8S2. The van der Waals surface area contributed by atoms with Gasteiger partial charge in [0.15, 0.2) is 21.9 Å². The highest BCUT2D eigenvalue weighted by Crippen LogP contribution is 2.34. The number of carbonyl (C=O) groups is 3. The predicted octanol–water partition coefficient (Wildman–Crippen LogP) is 3.00. The number of aliphatic carboxylic acids is 1. The monoisotopic (exact) mass is 503 g/mol. The number of carboxylic acid groups (broad SMARTS) is 1. The fourth-order valence-electron chi connectivity index (χ4n) is 2.75. The van der Waals surface area contributed by atoms with E-state index in [9.17, 15) is 24.5 Å². The molecule has 1 aliphatic rings. The minimum atomic E-state index is -1.14. The van der Waals surface area contributed by atoms with Gasteiger partial charge in [0.1, 0.15) is 0 Å². The first-order valence-electron chi connectivity index (χ1n) is 9.51. The van der Waals surface area contributed by atoms with Crippen LogP contribution >= 0.6 is 24.0 Å². The summed E-state index contributed by atoms with van der Waals surface area (Å²) in [5.74, 6) is -1.99. The van der Waals surface area contributed by atoms with Gasteiger partial charge in [-0.15, -0.1) is 0 Å². The summed E-state index contributed by atoms with van der Waals surface area (Å²) in [6.45, 7) is 1.38. The SMILES string of the molecule is COc1cc(/C=C2/SC(=S)N(NC(=O)c3cccc([N+](=O)[O-])c3)C2=O)ccc1OC(C)C(=O)O. The van der Waals surface area contributed by atoms with Gasteiger partial charge in [-0.05, 0) is 49.0 Å². The fraction of sp³-hybridized carbons (Fsp3) is 0.143. The summed E-state index contributed by atoms with van der Waals surface area (Å²) < 4.78 is 10.7. The van der Waals surface area contributed by atoms with E-state index >= 15 is 0 Å². The zero-order valence-corrected chi connectivity index (χ0v) is 19.3. The Labute approximate surface area is 202 Å². The molecule has 0 radical (unpaired) electrons. The van der Waals surface area contributed by atoms with Gasteiger partial charge in [0.05, 0.1) is 16.9 Å². The number of carbonyl (C=O) groups excluding carboxylic acids is 2. The number of hydrogen-bond acceptors (Lipinski definition) is 9. The highest BCUT2D eigenvalue weighted by atomic mass is 32.2. The maximum Gasteiger partial charge on any atom is 0.344 e. The molecule has 0 spiro atoms. The number of thiocarbonyl (C=S) groups is 1. The molecule has 1 atom stereocenters. The van der Waals surface area contributed by atoms with Gasteiger partial charge in [-0.2, -0.15) is 5.01 Å². The Morgan fingerprint density at radius 3 is 2.65 bits per heavy atom. The van der Waals surface area contributed by atoms with Gasteiger partial charge in [-0.25, -0.2) is 4.79 Å². The van der Waals surface area contributed by atoms with E-state index in [1.165, 1.54) is 44.4 Å². The van der Waals surface area contributed by atoms with Crippen LogP contribution in [-0.4, -0.2) is 50.4 Å². The van der Waals surface area contributed by atoms with Gasteiger partial charge < -0.3 is 14.6 Å². The van der Waals surface area contributed by atoms with E-state index in [0.29, 0.717) is 5.56 Å². The number of amides is 2. The van der Waals surface area contributed by atoms with Gasteiger partial charge in [-0.3, -0.25) is 25.1 Å². The van der Waals surface area contributed by atoms with E-state index < -0.39 is 28.8 Å². The van der Waals surface area contributed by atoms with Gasteiger partial charge in [0.2, 0.25) is 0 Å². The van der Waals surface area contributed by atoms with Crippen molar-refractivity contribution in [2.75, 3.05) is 7.11 Å². The van der Waals surface area contributed by atoms with Crippen LogP contribution in [-0.2, 0) is 9.59 Å². The number of thioether (sulfide) groups is 1. The molecule has 1 saturated heterocycles. The molecule has 3 rings (SSSR count). The lowest BCUT2D eigenvalue weighted by molar-refractivity contribution is -0.384. The average Bonchev–Trinajstić information content (AvgIpc) is 3.07. The molecule has 0 bridgehead atoms. The third-order valence-corrected chi connectivity index (χ3v) is 5.77. The van der Waals surface area contributed by atoms with Crippen molar-refractivity contribution in [1.82, 2.24) is 10.4 Å². The summed E-state index contributed by atoms with van der Waals surface area (Å²) in [7, 11) is 1.39. The van der Waals surface area contributed by atoms with E-state index in [1.54, 1.807) is 12.1 Å². The quantitative estimate of drug-likeness (QED) is 0.238. The number of methoxy groups -OCH3 is 1. The van der Waals surface area contributed by atoms with E-state index in [4.69, 9.17) is 26.8 Å². The molecular weight excluding hydrogens is 486 g/mol. The van der Waals surface area contributed by atoms with Crippen LogP contribution < -0.4 is 14.9 Å². The van der Waals surface area contributed by atoms with Crippen LogP contribution in [0.25, 0.3) is 6.08 Å². The number of non-ortho nitro benzene ring substituents is 1. The van der Waals surface area contributed by atoms with Crippen molar-refractivity contribution in [2.24, 2.45) is 0 Å². The van der Waals surface area contributed by atoms with Crippen molar-refractivity contribution < 1.29 is 33.9 Å². The maximum absolute atomic E-state index is 12.8. The molecule has 1 heterocycles. The van der Waals surface area contributed by atoms with Crippen molar-refractivity contribution in [3.05, 3.63) is 68.6 Å². The number of nitro benzene ring substituents is 1. The Morgan fingerprint density at radius 1 is 1.26 bits per heavy atom. The van der Waals surface area contributed by atoms with Crippen LogP contribution in [0.4, 0.5) is 5.69 Å².